The Morgan fingerprint density at radius 3 is 2.63 bits per heavy atom. The number of nitrogens with one attached hydrogen (secondary N) is 2. The topological polar surface area (TPSA) is 49.3 Å². The lowest BCUT2D eigenvalue weighted by atomic mass is 10.4. The molecule has 0 radical (unpaired) electrons. The van der Waals surface area contributed by atoms with Crippen LogP contribution in [-0.2, 0) is 6.42 Å². The van der Waals surface area contributed by atoms with Crippen LogP contribution in [-0.4, -0.2) is 43.1 Å². The van der Waals surface area contributed by atoms with Crippen molar-refractivity contribution in [1.29, 1.82) is 0 Å². The molecule has 1 aromatic heterocycles. The molecule has 0 saturated carbocycles. The molecule has 6 heteroatoms. The van der Waals surface area contributed by atoms with Crippen molar-refractivity contribution in [3.8, 4) is 0 Å². The third-order valence-electron chi connectivity index (χ3n) is 2.75. The van der Waals surface area contributed by atoms with Gasteiger partial charge in [-0.05, 0) is 32.3 Å². The van der Waals surface area contributed by atoms with Gasteiger partial charge in [-0.2, -0.15) is 11.8 Å². The molecule has 0 unspecified atom stereocenters. The molecule has 4 nitrogen and oxygen atoms in total. The van der Waals surface area contributed by atoms with E-state index in [0.717, 1.165) is 37.6 Å². The van der Waals surface area contributed by atoms with E-state index in [-0.39, 0.29) is 0 Å². The Bertz CT molecular complexity index is 382. The number of hydrogen-bond acceptors (Lipinski definition) is 4. The lowest BCUT2D eigenvalue weighted by molar-refractivity contribution is 0.774. The van der Waals surface area contributed by atoms with E-state index in [1.54, 1.807) is 11.3 Å². The standard InChI is InChI=1S/C13H24N4S2/c1-10-11(2)19-12(17-10)6-8-16-13(14-3)15-7-5-9-18-4/h5-9H2,1-4H3,(H2,14,15,16). The van der Waals surface area contributed by atoms with Crippen molar-refractivity contribution in [2.24, 2.45) is 4.99 Å². The van der Waals surface area contributed by atoms with Crippen molar-refractivity contribution in [1.82, 2.24) is 15.6 Å². The van der Waals surface area contributed by atoms with Crippen LogP contribution in [0.5, 0.6) is 0 Å². The molecule has 0 atom stereocenters. The second-order valence-corrected chi connectivity index (χ2v) is 6.54. The molecule has 1 aromatic rings. The number of thioether (sulfide) groups is 1. The van der Waals surface area contributed by atoms with Gasteiger partial charge in [-0.25, -0.2) is 4.98 Å². The summed E-state index contributed by atoms with van der Waals surface area (Å²) in [6, 6.07) is 0. The summed E-state index contributed by atoms with van der Waals surface area (Å²) >= 11 is 3.66. The minimum atomic E-state index is 0.870. The van der Waals surface area contributed by atoms with Gasteiger partial charge in [0.25, 0.3) is 0 Å². The molecule has 0 fully saturated rings. The summed E-state index contributed by atoms with van der Waals surface area (Å²) in [7, 11) is 1.81. The minimum absolute atomic E-state index is 0.870. The first-order valence-corrected chi connectivity index (χ1v) is 8.74. The third-order valence-corrected chi connectivity index (χ3v) is 4.57. The summed E-state index contributed by atoms with van der Waals surface area (Å²) < 4.78 is 0. The van der Waals surface area contributed by atoms with E-state index in [4.69, 9.17) is 0 Å². The van der Waals surface area contributed by atoms with Crippen LogP contribution >= 0.6 is 23.1 Å². The second-order valence-electron chi connectivity index (χ2n) is 4.27. The highest BCUT2D eigenvalue weighted by Gasteiger charge is 2.03. The maximum absolute atomic E-state index is 4.53. The quantitative estimate of drug-likeness (QED) is 0.460. The number of aromatic nitrogens is 1. The molecule has 1 heterocycles. The molecule has 108 valence electrons. The zero-order valence-corrected chi connectivity index (χ0v) is 13.9. The van der Waals surface area contributed by atoms with Gasteiger partial charge in [-0.3, -0.25) is 4.99 Å². The maximum atomic E-state index is 4.53. The van der Waals surface area contributed by atoms with Crippen LogP contribution in [0.4, 0.5) is 0 Å². The van der Waals surface area contributed by atoms with E-state index in [9.17, 15) is 0 Å². The summed E-state index contributed by atoms with van der Waals surface area (Å²) in [5.74, 6) is 2.06. The molecule has 1 rings (SSSR count). The Kier molecular flexibility index (Phi) is 7.90. The fourth-order valence-electron chi connectivity index (χ4n) is 1.58. The van der Waals surface area contributed by atoms with Crippen molar-refractivity contribution >= 4 is 29.1 Å². The van der Waals surface area contributed by atoms with Gasteiger partial charge in [-0.1, -0.05) is 0 Å². The number of aryl methyl sites for hydroxylation is 2. The number of guanidine groups is 1. The zero-order chi connectivity index (χ0) is 14.1. The predicted octanol–water partition coefficient (Wildman–Crippen LogP) is 2.22. The molecule has 0 spiro atoms. The van der Waals surface area contributed by atoms with Crippen molar-refractivity contribution in [2.45, 2.75) is 26.7 Å². The smallest absolute Gasteiger partial charge is 0.190 e. The Morgan fingerprint density at radius 1 is 1.32 bits per heavy atom. The molecule has 0 aliphatic rings. The summed E-state index contributed by atoms with van der Waals surface area (Å²) in [6.45, 7) is 6.02. The molecule has 0 aliphatic heterocycles. The number of hydrogen-bond donors (Lipinski definition) is 2. The van der Waals surface area contributed by atoms with Crippen LogP contribution in [0.25, 0.3) is 0 Å². The van der Waals surface area contributed by atoms with Crippen molar-refractivity contribution in [2.75, 3.05) is 32.1 Å². The lowest BCUT2D eigenvalue weighted by Crippen LogP contribution is -2.38. The Labute approximate surface area is 124 Å². The number of thiazole rings is 1. The number of aliphatic imine (C=N–C) groups is 1. The van der Waals surface area contributed by atoms with Gasteiger partial charge in [0.05, 0.1) is 10.7 Å². The van der Waals surface area contributed by atoms with Crippen LogP contribution in [0, 0.1) is 13.8 Å². The Balaban J connectivity index is 2.22. The van der Waals surface area contributed by atoms with Crippen LogP contribution < -0.4 is 10.6 Å². The molecular formula is C13H24N4S2. The summed E-state index contributed by atoms with van der Waals surface area (Å²) in [6.07, 6.45) is 4.24. The summed E-state index contributed by atoms with van der Waals surface area (Å²) in [5.41, 5.74) is 1.15. The Hall–Kier alpha value is -0.750. The zero-order valence-electron chi connectivity index (χ0n) is 12.2. The van der Waals surface area contributed by atoms with E-state index in [0.29, 0.717) is 0 Å². The SMILES string of the molecule is CN=C(NCCCSC)NCCc1nc(C)c(C)s1. The average molecular weight is 300 g/mol. The van der Waals surface area contributed by atoms with Gasteiger partial charge in [0, 0.05) is 31.4 Å². The molecule has 0 saturated heterocycles. The molecule has 0 aliphatic carbocycles. The van der Waals surface area contributed by atoms with Gasteiger partial charge in [0.2, 0.25) is 0 Å². The maximum Gasteiger partial charge on any atom is 0.190 e. The number of nitrogens with zero attached hydrogens (tertiary/aromatic N) is 2. The van der Waals surface area contributed by atoms with E-state index in [1.165, 1.54) is 15.6 Å². The van der Waals surface area contributed by atoms with Crippen LogP contribution in [0.3, 0.4) is 0 Å². The van der Waals surface area contributed by atoms with Crippen LogP contribution in [0.2, 0.25) is 0 Å². The first kappa shape index (κ1) is 16.3. The van der Waals surface area contributed by atoms with Gasteiger partial charge in [0.1, 0.15) is 0 Å². The summed E-state index contributed by atoms with van der Waals surface area (Å²) in [5, 5.41) is 7.83. The van der Waals surface area contributed by atoms with E-state index in [2.05, 4.69) is 40.7 Å². The van der Waals surface area contributed by atoms with Gasteiger partial charge >= 0.3 is 0 Å². The number of rotatable bonds is 7. The molecule has 0 bridgehead atoms. The third kappa shape index (κ3) is 6.29. The fourth-order valence-corrected chi connectivity index (χ4v) is 2.94. The van der Waals surface area contributed by atoms with Crippen LogP contribution in [0.15, 0.2) is 4.99 Å². The normalized spacial score (nSPS) is 11.7. The monoisotopic (exact) mass is 300 g/mol. The highest BCUT2D eigenvalue weighted by atomic mass is 32.2. The highest BCUT2D eigenvalue weighted by molar-refractivity contribution is 7.98. The largest absolute Gasteiger partial charge is 0.356 e. The molecule has 0 amide bonds. The van der Waals surface area contributed by atoms with Gasteiger partial charge < -0.3 is 10.6 Å². The van der Waals surface area contributed by atoms with Crippen molar-refractivity contribution in [3.05, 3.63) is 15.6 Å². The fraction of sp³-hybridized carbons (Fsp3) is 0.692. The predicted molar refractivity (Wildman–Crippen MR) is 87.7 cm³/mol. The van der Waals surface area contributed by atoms with Gasteiger partial charge in [-0.15, -0.1) is 11.3 Å². The molecular weight excluding hydrogens is 276 g/mol. The van der Waals surface area contributed by atoms with Gasteiger partial charge in [0.15, 0.2) is 5.96 Å². The van der Waals surface area contributed by atoms with E-state index >= 15 is 0 Å². The van der Waals surface area contributed by atoms with E-state index < -0.39 is 0 Å². The first-order chi connectivity index (χ1) is 9.17. The Morgan fingerprint density at radius 2 is 2.05 bits per heavy atom. The lowest BCUT2D eigenvalue weighted by Gasteiger charge is -2.10. The van der Waals surface area contributed by atoms with Crippen molar-refractivity contribution < 1.29 is 0 Å². The molecule has 19 heavy (non-hydrogen) atoms. The van der Waals surface area contributed by atoms with E-state index in [1.807, 2.05) is 18.8 Å². The second kappa shape index (κ2) is 9.20. The first-order valence-electron chi connectivity index (χ1n) is 6.53. The minimum Gasteiger partial charge on any atom is -0.356 e. The summed E-state index contributed by atoms with van der Waals surface area (Å²) in [4.78, 5) is 10.1. The average Bonchev–Trinajstić information content (AvgIpc) is 2.71. The molecule has 0 aromatic carbocycles. The molecule has 2 N–H and O–H groups in total. The van der Waals surface area contributed by atoms with Crippen molar-refractivity contribution in [3.63, 3.8) is 0 Å². The van der Waals surface area contributed by atoms with Crippen LogP contribution in [0.1, 0.15) is 22.0 Å². The highest BCUT2D eigenvalue weighted by Crippen LogP contribution is 2.16.